The molecule has 1 aromatic heterocycles. The first-order chi connectivity index (χ1) is 12.2. The molecule has 0 aliphatic carbocycles. The highest BCUT2D eigenvalue weighted by molar-refractivity contribution is 8.00. The Morgan fingerprint density at radius 1 is 0.840 bits per heavy atom. The molecule has 6 heteroatoms. The summed E-state index contributed by atoms with van der Waals surface area (Å²) < 4.78 is 0. The standard InChI is InChI=1S/C19H16N2O2S2/c22-18(20-21-19(23)17-7-4-12-24-17)13-25-16-10-8-15(9-11-16)14-5-2-1-3-6-14/h1-12H,13H2,(H,20,22)(H,21,23). The fraction of sp³-hybridized carbons (Fsp3) is 0.0526. The fourth-order valence-electron chi connectivity index (χ4n) is 2.16. The molecule has 2 aromatic carbocycles. The molecule has 0 unspecified atom stereocenters. The number of hydrazine groups is 1. The van der Waals surface area contributed by atoms with Crippen molar-refractivity contribution in [1.29, 1.82) is 0 Å². The molecule has 25 heavy (non-hydrogen) atoms. The van der Waals surface area contributed by atoms with Crippen LogP contribution in [-0.4, -0.2) is 17.6 Å². The van der Waals surface area contributed by atoms with Gasteiger partial charge in [0.25, 0.3) is 5.91 Å². The average Bonchev–Trinajstić information content (AvgIpc) is 3.20. The van der Waals surface area contributed by atoms with Gasteiger partial charge in [0.15, 0.2) is 0 Å². The van der Waals surface area contributed by atoms with E-state index < -0.39 is 0 Å². The summed E-state index contributed by atoms with van der Waals surface area (Å²) in [4.78, 5) is 25.1. The van der Waals surface area contributed by atoms with Crippen molar-refractivity contribution in [2.75, 3.05) is 5.75 Å². The maximum absolute atomic E-state index is 11.8. The zero-order valence-corrected chi connectivity index (χ0v) is 14.9. The Kier molecular flexibility index (Phi) is 5.87. The Bertz CT molecular complexity index is 832. The lowest BCUT2D eigenvalue weighted by Gasteiger charge is -2.07. The zero-order valence-electron chi connectivity index (χ0n) is 13.3. The molecule has 2 N–H and O–H groups in total. The molecule has 126 valence electrons. The maximum atomic E-state index is 11.8. The molecular weight excluding hydrogens is 352 g/mol. The van der Waals surface area contributed by atoms with Crippen molar-refractivity contribution in [1.82, 2.24) is 10.9 Å². The molecule has 3 aromatic rings. The minimum Gasteiger partial charge on any atom is -0.272 e. The first-order valence-corrected chi connectivity index (χ1v) is 9.50. The first-order valence-electron chi connectivity index (χ1n) is 7.63. The number of thiophene rings is 1. The van der Waals surface area contributed by atoms with E-state index in [1.54, 1.807) is 12.1 Å². The van der Waals surface area contributed by atoms with Crippen LogP contribution in [0.15, 0.2) is 77.0 Å². The predicted octanol–water partition coefficient (Wildman–Crippen LogP) is 3.97. The molecular formula is C19H16N2O2S2. The third-order valence-electron chi connectivity index (χ3n) is 3.39. The summed E-state index contributed by atoms with van der Waals surface area (Å²) in [7, 11) is 0. The highest BCUT2D eigenvalue weighted by Crippen LogP contribution is 2.23. The number of amides is 2. The minimum absolute atomic E-state index is 0.232. The van der Waals surface area contributed by atoms with Gasteiger partial charge < -0.3 is 0 Å². The van der Waals surface area contributed by atoms with Gasteiger partial charge in [0.05, 0.1) is 10.6 Å². The fourth-order valence-corrected chi connectivity index (χ4v) is 3.47. The Balaban J connectivity index is 1.46. The summed E-state index contributed by atoms with van der Waals surface area (Å²) >= 11 is 2.74. The van der Waals surface area contributed by atoms with Crippen LogP contribution in [0.5, 0.6) is 0 Å². The van der Waals surface area contributed by atoms with Crippen LogP contribution in [0.2, 0.25) is 0 Å². The maximum Gasteiger partial charge on any atom is 0.279 e. The third kappa shape index (κ3) is 4.95. The van der Waals surface area contributed by atoms with Crippen LogP contribution in [0.25, 0.3) is 11.1 Å². The Hall–Kier alpha value is -2.57. The highest BCUT2D eigenvalue weighted by Gasteiger charge is 2.08. The van der Waals surface area contributed by atoms with Crippen LogP contribution in [0.3, 0.4) is 0 Å². The molecule has 0 atom stereocenters. The Labute approximate surface area is 154 Å². The van der Waals surface area contributed by atoms with E-state index in [0.717, 1.165) is 16.0 Å². The van der Waals surface area contributed by atoms with Crippen molar-refractivity contribution in [3.63, 3.8) is 0 Å². The van der Waals surface area contributed by atoms with Gasteiger partial charge in [0.2, 0.25) is 5.91 Å². The first kappa shape index (κ1) is 17.3. The molecule has 0 saturated heterocycles. The zero-order chi connectivity index (χ0) is 17.5. The van der Waals surface area contributed by atoms with Crippen LogP contribution in [0.4, 0.5) is 0 Å². The number of carbonyl (C=O) groups excluding carboxylic acids is 2. The molecule has 0 saturated carbocycles. The van der Waals surface area contributed by atoms with E-state index in [4.69, 9.17) is 0 Å². The molecule has 0 bridgehead atoms. The van der Waals surface area contributed by atoms with Gasteiger partial charge in [-0.05, 0) is 34.7 Å². The van der Waals surface area contributed by atoms with E-state index in [1.807, 2.05) is 47.8 Å². The van der Waals surface area contributed by atoms with E-state index >= 15 is 0 Å². The van der Waals surface area contributed by atoms with Crippen LogP contribution < -0.4 is 10.9 Å². The van der Waals surface area contributed by atoms with Crippen molar-refractivity contribution < 1.29 is 9.59 Å². The van der Waals surface area contributed by atoms with Crippen molar-refractivity contribution in [2.24, 2.45) is 0 Å². The molecule has 0 aliphatic rings. The lowest BCUT2D eigenvalue weighted by molar-refractivity contribution is -0.119. The summed E-state index contributed by atoms with van der Waals surface area (Å²) in [5.74, 6) is -0.322. The topological polar surface area (TPSA) is 58.2 Å². The molecule has 1 heterocycles. The summed E-state index contributed by atoms with van der Waals surface area (Å²) in [5.41, 5.74) is 7.13. The normalized spacial score (nSPS) is 10.2. The van der Waals surface area contributed by atoms with Crippen molar-refractivity contribution >= 4 is 34.9 Å². The summed E-state index contributed by atoms with van der Waals surface area (Å²) in [6.07, 6.45) is 0. The van der Waals surface area contributed by atoms with Crippen LogP contribution in [-0.2, 0) is 4.79 Å². The lowest BCUT2D eigenvalue weighted by atomic mass is 10.1. The van der Waals surface area contributed by atoms with Crippen LogP contribution in [0.1, 0.15) is 9.67 Å². The summed E-state index contributed by atoms with van der Waals surface area (Å²) in [6, 6.07) is 21.7. The second kappa shape index (κ2) is 8.50. The highest BCUT2D eigenvalue weighted by atomic mass is 32.2. The quantitative estimate of drug-likeness (QED) is 0.529. The number of hydrogen-bond donors (Lipinski definition) is 2. The van der Waals surface area contributed by atoms with Gasteiger partial charge in [0, 0.05) is 4.90 Å². The Morgan fingerprint density at radius 2 is 1.56 bits per heavy atom. The second-order valence-electron chi connectivity index (χ2n) is 5.16. The van der Waals surface area contributed by atoms with Crippen LogP contribution >= 0.6 is 23.1 Å². The third-order valence-corrected chi connectivity index (χ3v) is 5.27. The van der Waals surface area contributed by atoms with Crippen molar-refractivity contribution in [3.05, 3.63) is 77.0 Å². The second-order valence-corrected chi connectivity index (χ2v) is 7.16. The van der Waals surface area contributed by atoms with E-state index in [9.17, 15) is 9.59 Å². The number of carbonyl (C=O) groups is 2. The van der Waals surface area contributed by atoms with Gasteiger partial charge in [0.1, 0.15) is 0 Å². The van der Waals surface area contributed by atoms with E-state index in [2.05, 4.69) is 23.0 Å². The molecule has 4 nitrogen and oxygen atoms in total. The molecule has 0 fully saturated rings. The number of rotatable bonds is 5. The van der Waals surface area contributed by atoms with Gasteiger partial charge in [-0.1, -0.05) is 48.5 Å². The number of thioether (sulfide) groups is 1. The Morgan fingerprint density at radius 3 is 2.24 bits per heavy atom. The van der Waals surface area contributed by atoms with Gasteiger partial charge in [-0.15, -0.1) is 23.1 Å². The van der Waals surface area contributed by atoms with Gasteiger partial charge in [-0.25, -0.2) is 0 Å². The summed E-state index contributed by atoms with van der Waals surface area (Å²) in [5, 5.41) is 1.81. The summed E-state index contributed by atoms with van der Waals surface area (Å²) in [6.45, 7) is 0. The van der Waals surface area contributed by atoms with Crippen molar-refractivity contribution in [3.8, 4) is 11.1 Å². The smallest absolute Gasteiger partial charge is 0.272 e. The largest absolute Gasteiger partial charge is 0.279 e. The minimum atomic E-state index is -0.305. The van der Waals surface area contributed by atoms with Crippen molar-refractivity contribution in [2.45, 2.75) is 4.90 Å². The predicted molar refractivity (Wildman–Crippen MR) is 103 cm³/mol. The number of nitrogens with one attached hydrogen (secondary N) is 2. The average molecular weight is 368 g/mol. The SMILES string of the molecule is O=C(CSc1ccc(-c2ccccc2)cc1)NNC(=O)c1cccs1. The number of hydrogen-bond acceptors (Lipinski definition) is 4. The molecule has 0 radical (unpaired) electrons. The van der Waals surface area contributed by atoms with Gasteiger partial charge in [-0.2, -0.15) is 0 Å². The lowest BCUT2D eigenvalue weighted by Crippen LogP contribution is -2.42. The molecule has 0 spiro atoms. The number of benzene rings is 2. The van der Waals surface area contributed by atoms with E-state index in [-0.39, 0.29) is 17.6 Å². The van der Waals surface area contributed by atoms with Crippen LogP contribution in [0, 0.1) is 0 Å². The molecule has 2 amide bonds. The molecule has 0 aliphatic heterocycles. The van der Waals surface area contributed by atoms with E-state index in [1.165, 1.54) is 23.1 Å². The molecule has 3 rings (SSSR count). The monoisotopic (exact) mass is 368 g/mol. The van der Waals surface area contributed by atoms with Gasteiger partial charge >= 0.3 is 0 Å². The van der Waals surface area contributed by atoms with Gasteiger partial charge in [-0.3, -0.25) is 20.4 Å². The van der Waals surface area contributed by atoms with E-state index in [0.29, 0.717) is 4.88 Å².